The minimum absolute atomic E-state index is 0.235. The van der Waals surface area contributed by atoms with Crippen molar-refractivity contribution in [3.05, 3.63) is 35.8 Å². The zero-order valence-corrected chi connectivity index (χ0v) is 16.2. The largest absolute Gasteiger partial charge is 0.380 e. The van der Waals surface area contributed by atoms with E-state index >= 15 is 0 Å². The number of aryl methyl sites for hydroxylation is 1. The molecule has 1 N–H and O–H groups in total. The fourth-order valence-corrected chi connectivity index (χ4v) is 2.71. The van der Waals surface area contributed by atoms with Crippen LogP contribution in [0.3, 0.4) is 0 Å². The van der Waals surface area contributed by atoms with E-state index in [1.54, 1.807) is 25.3 Å². The van der Waals surface area contributed by atoms with Crippen molar-refractivity contribution in [2.75, 3.05) is 37.0 Å². The van der Waals surface area contributed by atoms with E-state index in [4.69, 9.17) is 4.74 Å². The molecule has 0 saturated heterocycles. The Morgan fingerprint density at radius 2 is 2.07 bits per heavy atom. The van der Waals surface area contributed by atoms with Crippen molar-refractivity contribution >= 4 is 28.5 Å². The summed E-state index contributed by atoms with van der Waals surface area (Å²) in [4.78, 5) is 11.3. The Kier molecular flexibility index (Phi) is 5.85. The maximum atomic E-state index is 13.6. The van der Waals surface area contributed by atoms with E-state index in [1.165, 1.54) is 6.07 Å². The molecule has 3 aromatic rings. The third-order valence-electron chi connectivity index (χ3n) is 4.36. The van der Waals surface area contributed by atoms with Gasteiger partial charge in [0.1, 0.15) is 16.9 Å². The number of nitrogens with zero attached hydrogens (tertiary/aromatic N) is 5. The summed E-state index contributed by atoms with van der Waals surface area (Å²) in [6, 6.07) is 4.90. The van der Waals surface area contributed by atoms with Gasteiger partial charge in [-0.2, -0.15) is 10.1 Å². The standard InChI is InChI=1S/C19H25FN6O/c1-5-25(4)19-23-16-12-21-26(9-10-27-6-2)17(16)18(24-19)22-14-7-8-15(20)13(3)11-14/h7-8,11-12H,5-6,9-10H2,1-4H3,(H,22,23,24). The first-order valence-electron chi connectivity index (χ1n) is 9.09. The van der Waals surface area contributed by atoms with Crippen molar-refractivity contribution in [2.24, 2.45) is 0 Å². The lowest BCUT2D eigenvalue weighted by atomic mass is 10.2. The van der Waals surface area contributed by atoms with Gasteiger partial charge in [-0.1, -0.05) is 0 Å². The van der Waals surface area contributed by atoms with Crippen molar-refractivity contribution in [3.63, 3.8) is 0 Å². The average Bonchev–Trinajstić information content (AvgIpc) is 3.07. The Bertz CT molecular complexity index is 926. The lowest BCUT2D eigenvalue weighted by Gasteiger charge is -2.17. The maximum absolute atomic E-state index is 13.6. The van der Waals surface area contributed by atoms with Gasteiger partial charge in [-0.25, -0.2) is 9.37 Å². The van der Waals surface area contributed by atoms with E-state index in [9.17, 15) is 4.39 Å². The van der Waals surface area contributed by atoms with Crippen LogP contribution >= 0.6 is 0 Å². The van der Waals surface area contributed by atoms with Gasteiger partial charge in [0.25, 0.3) is 0 Å². The molecule has 0 aliphatic heterocycles. The first kappa shape index (κ1) is 19.0. The molecule has 0 unspecified atom stereocenters. The molecular weight excluding hydrogens is 347 g/mol. The van der Waals surface area contributed by atoms with Gasteiger partial charge in [-0.05, 0) is 44.5 Å². The summed E-state index contributed by atoms with van der Waals surface area (Å²) < 4.78 is 20.9. The molecule has 0 radical (unpaired) electrons. The van der Waals surface area contributed by atoms with Crippen molar-refractivity contribution in [1.29, 1.82) is 0 Å². The van der Waals surface area contributed by atoms with Crippen LogP contribution < -0.4 is 10.2 Å². The number of benzene rings is 1. The van der Waals surface area contributed by atoms with Gasteiger partial charge in [0.2, 0.25) is 5.95 Å². The zero-order chi connectivity index (χ0) is 19.4. The molecule has 3 rings (SSSR count). The Morgan fingerprint density at radius 1 is 1.26 bits per heavy atom. The molecule has 0 amide bonds. The molecule has 2 aromatic heterocycles. The molecule has 0 spiro atoms. The summed E-state index contributed by atoms with van der Waals surface area (Å²) in [6.07, 6.45) is 1.73. The highest BCUT2D eigenvalue weighted by atomic mass is 19.1. The Balaban J connectivity index is 2.04. The molecule has 0 saturated carbocycles. The number of ether oxygens (including phenoxy) is 1. The summed E-state index contributed by atoms with van der Waals surface area (Å²) >= 11 is 0. The number of anilines is 3. The number of nitrogens with one attached hydrogen (secondary N) is 1. The van der Waals surface area contributed by atoms with Crippen LogP contribution in [0.4, 0.5) is 21.8 Å². The SMILES string of the molecule is CCOCCn1ncc2nc(N(C)CC)nc(Nc3ccc(F)c(C)c3)c21. The number of halogens is 1. The van der Waals surface area contributed by atoms with Gasteiger partial charge >= 0.3 is 0 Å². The minimum atomic E-state index is -0.235. The van der Waals surface area contributed by atoms with Gasteiger partial charge in [-0.15, -0.1) is 0 Å². The second kappa shape index (κ2) is 8.30. The van der Waals surface area contributed by atoms with Crippen LogP contribution in [0.5, 0.6) is 0 Å². The average molecular weight is 372 g/mol. The van der Waals surface area contributed by atoms with Crippen LogP contribution in [-0.2, 0) is 11.3 Å². The highest BCUT2D eigenvalue weighted by molar-refractivity contribution is 5.88. The first-order chi connectivity index (χ1) is 13.0. The fourth-order valence-electron chi connectivity index (χ4n) is 2.71. The van der Waals surface area contributed by atoms with E-state index < -0.39 is 0 Å². The second-order valence-corrected chi connectivity index (χ2v) is 6.27. The predicted octanol–water partition coefficient (Wildman–Crippen LogP) is 3.51. The highest BCUT2D eigenvalue weighted by Gasteiger charge is 2.16. The van der Waals surface area contributed by atoms with E-state index in [0.29, 0.717) is 37.1 Å². The van der Waals surface area contributed by atoms with E-state index in [1.807, 2.05) is 30.5 Å². The van der Waals surface area contributed by atoms with Crippen LogP contribution in [0, 0.1) is 12.7 Å². The molecule has 0 fully saturated rings. The third-order valence-corrected chi connectivity index (χ3v) is 4.36. The molecule has 0 aliphatic carbocycles. The summed E-state index contributed by atoms with van der Waals surface area (Å²) in [6.45, 7) is 8.31. The van der Waals surface area contributed by atoms with Crippen LogP contribution in [0.1, 0.15) is 19.4 Å². The number of hydrogen-bond donors (Lipinski definition) is 1. The number of aromatic nitrogens is 4. The highest BCUT2D eigenvalue weighted by Crippen LogP contribution is 2.27. The fraction of sp³-hybridized carbons (Fsp3) is 0.421. The smallest absolute Gasteiger partial charge is 0.227 e. The van der Waals surface area contributed by atoms with Gasteiger partial charge in [-0.3, -0.25) is 4.68 Å². The normalized spacial score (nSPS) is 11.1. The van der Waals surface area contributed by atoms with Crippen molar-refractivity contribution in [1.82, 2.24) is 19.7 Å². The van der Waals surface area contributed by atoms with Gasteiger partial charge in [0.15, 0.2) is 5.82 Å². The molecule has 27 heavy (non-hydrogen) atoms. The first-order valence-corrected chi connectivity index (χ1v) is 9.09. The molecule has 0 bridgehead atoms. The van der Waals surface area contributed by atoms with Gasteiger partial charge in [0.05, 0.1) is 19.3 Å². The molecule has 1 aromatic carbocycles. The lowest BCUT2D eigenvalue weighted by Crippen LogP contribution is -2.19. The quantitative estimate of drug-likeness (QED) is 0.610. The lowest BCUT2D eigenvalue weighted by molar-refractivity contribution is 0.137. The van der Waals surface area contributed by atoms with Crippen LogP contribution in [0.15, 0.2) is 24.4 Å². The van der Waals surface area contributed by atoms with Crippen molar-refractivity contribution < 1.29 is 9.13 Å². The van der Waals surface area contributed by atoms with Crippen LogP contribution in [0.2, 0.25) is 0 Å². The summed E-state index contributed by atoms with van der Waals surface area (Å²) in [5, 5.41) is 7.75. The third kappa shape index (κ3) is 4.16. The number of fused-ring (bicyclic) bond motifs is 1. The summed E-state index contributed by atoms with van der Waals surface area (Å²) in [5.41, 5.74) is 2.88. The molecule has 0 atom stereocenters. The molecule has 2 heterocycles. The van der Waals surface area contributed by atoms with E-state index in [2.05, 4.69) is 20.4 Å². The minimum Gasteiger partial charge on any atom is -0.380 e. The van der Waals surface area contributed by atoms with Gasteiger partial charge in [0, 0.05) is 25.9 Å². The van der Waals surface area contributed by atoms with Gasteiger partial charge < -0.3 is 15.0 Å². The Hall–Kier alpha value is -2.74. The molecular formula is C19H25FN6O. The number of rotatable bonds is 8. The molecule has 0 aliphatic rings. The summed E-state index contributed by atoms with van der Waals surface area (Å²) in [5.74, 6) is 1.01. The Morgan fingerprint density at radius 3 is 2.78 bits per heavy atom. The van der Waals surface area contributed by atoms with Crippen LogP contribution in [0.25, 0.3) is 11.0 Å². The number of hydrogen-bond acceptors (Lipinski definition) is 6. The zero-order valence-electron chi connectivity index (χ0n) is 16.2. The second-order valence-electron chi connectivity index (χ2n) is 6.27. The van der Waals surface area contributed by atoms with Crippen LogP contribution in [-0.4, -0.2) is 46.6 Å². The maximum Gasteiger partial charge on any atom is 0.227 e. The van der Waals surface area contributed by atoms with E-state index in [0.717, 1.165) is 23.3 Å². The predicted molar refractivity (Wildman–Crippen MR) is 105 cm³/mol. The molecule has 8 heteroatoms. The monoisotopic (exact) mass is 372 g/mol. The van der Waals surface area contributed by atoms with Crippen molar-refractivity contribution in [3.8, 4) is 0 Å². The molecule has 7 nitrogen and oxygen atoms in total. The summed E-state index contributed by atoms with van der Waals surface area (Å²) in [7, 11) is 1.94. The Labute approximate surface area is 158 Å². The van der Waals surface area contributed by atoms with Crippen molar-refractivity contribution in [2.45, 2.75) is 27.3 Å². The van der Waals surface area contributed by atoms with E-state index in [-0.39, 0.29) is 5.82 Å². The molecule has 144 valence electrons. The topological polar surface area (TPSA) is 68.1 Å².